The van der Waals surface area contributed by atoms with Crippen LogP contribution in [0.1, 0.15) is 29.9 Å². The van der Waals surface area contributed by atoms with Crippen molar-refractivity contribution in [1.29, 1.82) is 0 Å². The van der Waals surface area contributed by atoms with E-state index in [4.69, 9.17) is 8.83 Å². The molecule has 5 nitrogen and oxygen atoms in total. The molecular formula is C22H18N2O3. The van der Waals surface area contributed by atoms with Crippen LogP contribution in [-0.4, -0.2) is 16.3 Å². The quantitative estimate of drug-likeness (QED) is 0.449. The molecule has 0 aliphatic heterocycles. The lowest BCUT2D eigenvalue weighted by Crippen LogP contribution is -2.10. The molecule has 2 atom stereocenters. The molecule has 134 valence electrons. The lowest BCUT2D eigenvalue weighted by atomic mass is 9.83. The minimum absolute atomic E-state index is 0.0358. The highest BCUT2D eigenvalue weighted by molar-refractivity contribution is 5.66. The molecule has 0 fully saturated rings. The van der Waals surface area contributed by atoms with Gasteiger partial charge in [-0.3, -0.25) is 0 Å². The zero-order valence-electron chi connectivity index (χ0n) is 14.8. The van der Waals surface area contributed by atoms with Gasteiger partial charge in [0.25, 0.3) is 0 Å². The van der Waals surface area contributed by atoms with Crippen molar-refractivity contribution < 1.29 is 13.6 Å². The van der Waals surface area contributed by atoms with Gasteiger partial charge in [0.1, 0.15) is 18.8 Å². The number of oxazole rings is 2. The van der Waals surface area contributed by atoms with Gasteiger partial charge in [0, 0.05) is 17.0 Å². The van der Waals surface area contributed by atoms with Gasteiger partial charge in [-0.25, -0.2) is 9.97 Å². The van der Waals surface area contributed by atoms with Crippen LogP contribution in [0.25, 0.3) is 22.9 Å². The molecule has 0 amide bonds. The fraction of sp³-hybridized carbons (Fsp3) is 0.136. The van der Waals surface area contributed by atoms with E-state index in [1.165, 1.54) is 0 Å². The molecule has 0 N–H and O–H groups in total. The van der Waals surface area contributed by atoms with Gasteiger partial charge in [-0.05, 0) is 41.3 Å². The van der Waals surface area contributed by atoms with Crippen molar-refractivity contribution in [3.05, 3.63) is 84.6 Å². The summed E-state index contributed by atoms with van der Waals surface area (Å²) in [6.07, 6.45) is 7.34. The number of carbonyl (C=O) groups excluding carboxylic acids is 1. The molecule has 4 rings (SSSR count). The van der Waals surface area contributed by atoms with Crippen LogP contribution < -0.4 is 0 Å². The van der Waals surface area contributed by atoms with E-state index in [0.717, 1.165) is 28.5 Å². The summed E-state index contributed by atoms with van der Waals surface area (Å²) in [6.45, 7) is 2.06. The maximum Gasteiger partial charge on any atom is 0.225 e. The SMILES string of the molecule is CC(c1ccc(-c2ncco2)cc1)C(C=O)c1ccc(-c2ncco2)cc1. The monoisotopic (exact) mass is 358 g/mol. The minimum Gasteiger partial charge on any atom is -0.445 e. The third-order valence-corrected chi connectivity index (χ3v) is 4.78. The second-order valence-corrected chi connectivity index (χ2v) is 6.37. The lowest BCUT2D eigenvalue weighted by Gasteiger charge is -2.20. The molecule has 0 radical (unpaired) electrons. The Morgan fingerprint density at radius 2 is 1.26 bits per heavy atom. The van der Waals surface area contributed by atoms with Gasteiger partial charge < -0.3 is 13.6 Å². The molecule has 4 aromatic rings. The molecule has 0 saturated heterocycles. The van der Waals surface area contributed by atoms with Gasteiger partial charge in [0.2, 0.25) is 11.8 Å². The van der Waals surface area contributed by atoms with Crippen LogP contribution in [0.2, 0.25) is 0 Å². The number of hydrogen-bond donors (Lipinski definition) is 0. The molecule has 27 heavy (non-hydrogen) atoms. The largest absolute Gasteiger partial charge is 0.445 e. The van der Waals surface area contributed by atoms with Crippen LogP contribution in [0.5, 0.6) is 0 Å². The predicted molar refractivity (Wildman–Crippen MR) is 101 cm³/mol. The maximum atomic E-state index is 11.8. The first-order valence-corrected chi connectivity index (χ1v) is 8.71. The van der Waals surface area contributed by atoms with Crippen molar-refractivity contribution in [2.75, 3.05) is 0 Å². The molecule has 5 heteroatoms. The van der Waals surface area contributed by atoms with Gasteiger partial charge in [-0.1, -0.05) is 31.2 Å². The van der Waals surface area contributed by atoms with Gasteiger partial charge in [0.15, 0.2) is 0 Å². The summed E-state index contributed by atoms with van der Waals surface area (Å²) < 4.78 is 10.6. The van der Waals surface area contributed by atoms with Crippen molar-refractivity contribution in [2.45, 2.75) is 18.8 Å². The van der Waals surface area contributed by atoms with E-state index in [1.807, 2.05) is 48.5 Å². The molecule has 0 spiro atoms. The summed E-state index contributed by atoms with van der Waals surface area (Å²) in [5, 5.41) is 0. The summed E-state index contributed by atoms with van der Waals surface area (Å²) in [5.41, 5.74) is 3.84. The number of benzene rings is 2. The zero-order chi connectivity index (χ0) is 18.6. The average Bonchev–Trinajstić information content (AvgIpc) is 3.43. The summed E-state index contributed by atoms with van der Waals surface area (Å²) >= 11 is 0. The molecule has 2 heterocycles. The topological polar surface area (TPSA) is 69.1 Å². The van der Waals surface area contributed by atoms with Gasteiger partial charge in [-0.2, -0.15) is 0 Å². The Balaban J connectivity index is 1.55. The van der Waals surface area contributed by atoms with Crippen molar-refractivity contribution in [2.24, 2.45) is 0 Å². The minimum atomic E-state index is -0.240. The lowest BCUT2D eigenvalue weighted by molar-refractivity contribution is -0.109. The van der Waals surface area contributed by atoms with Gasteiger partial charge >= 0.3 is 0 Å². The maximum absolute atomic E-state index is 11.8. The Morgan fingerprint density at radius 1 is 0.778 bits per heavy atom. The van der Waals surface area contributed by atoms with E-state index in [1.54, 1.807) is 24.9 Å². The summed E-state index contributed by atoms with van der Waals surface area (Å²) in [4.78, 5) is 20.1. The Labute approximate surface area is 156 Å². The normalized spacial score (nSPS) is 13.2. The van der Waals surface area contributed by atoms with Crippen LogP contribution >= 0.6 is 0 Å². The van der Waals surface area contributed by atoms with Crippen LogP contribution in [-0.2, 0) is 4.79 Å². The predicted octanol–water partition coefficient (Wildman–Crippen LogP) is 5.08. The van der Waals surface area contributed by atoms with Crippen LogP contribution in [0, 0.1) is 0 Å². The number of aldehydes is 1. The number of aromatic nitrogens is 2. The Hall–Kier alpha value is -3.47. The fourth-order valence-electron chi connectivity index (χ4n) is 3.20. The van der Waals surface area contributed by atoms with E-state index < -0.39 is 0 Å². The molecule has 0 bridgehead atoms. The second kappa shape index (κ2) is 7.41. The van der Waals surface area contributed by atoms with E-state index >= 15 is 0 Å². The fourth-order valence-corrected chi connectivity index (χ4v) is 3.20. The highest BCUT2D eigenvalue weighted by Crippen LogP contribution is 2.33. The molecule has 0 aliphatic rings. The third-order valence-electron chi connectivity index (χ3n) is 4.78. The van der Waals surface area contributed by atoms with Crippen molar-refractivity contribution in [1.82, 2.24) is 9.97 Å². The smallest absolute Gasteiger partial charge is 0.225 e. The molecule has 2 aromatic heterocycles. The standard InChI is InChI=1S/C22H18N2O3/c1-15(16-2-6-18(7-3-16)21-23-10-12-26-21)20(14-25)17-4-8-19(9-5-17)22-24-11-13-27-22/h2-15,20H,1H3. The number of hydrogen-bond acceptors (Lipinski definition) is 5. The Morgan fingerprint density at radius 3 is 1.67 bits per heavy atom. The Kier molecular flexibility index (Phi) is 4.66. The van der Waals surface area contributed by atoms with Crippen LogP contribution in [0.4, 0.5) is 0 Å². The molecule has 2 unspecified atom stereocenters. The molecule has 0 saturated carbocycles. The molecular weight excluding hydrogens is 340 g/mol. The first kappa shape index (κ1) is 17.0. The summed E-state index contributed by atoms with van der Waals surface area (Å²) in [5.74, 6) is 0.951. The Bertz CT molecular complexity index is 989. The van der Waals surface area contributed by atoms with Gasteiger partial charge in [-0.15, -0.1) is 0 Å². The van der Waals surface area contributed by atoms with E-state index in [9.17, 15) is 4.79 Å². The first-order chi connectivity index (χ1) is 13.3. The number of rotatable bonds is 6. The molecule has 2 aromatic carbocycles. The van der Waals surface area contributed by atoms with E-state index in [-0.39, 0.29) is 11.8 Å². The first-order valence-electron chi connectivity index (χ1n) is 8.71. The highest BCUT2D eigenvalue weighted by Gasteiger charge is 2.21. The highest BCUT2D eigenvalue weighted by atomic mass is 16.3. The van der Waals surface area contributed by atoms with E-state index in [0.29, 0.717) is 11.8 Å². The second-order valence-electron chi connectivity index (χ2n) is 6.37. The third kappa shape index (κ3) is 3.44. The van der Waals surface area contributed by atoms with Crippen molar-refractivity contribution in [3.63, 3.8) is 0 Å². The molecule has 0 aliphatic carbocycles. The average molecular weight is 358 g/mol. The van der Waals surface area contributed by atoms with Crippen LogP contribution in [0.3, 0.4) is 0 Å². The van der Waals surface area contributed by atoms with Gasteiger partial charge in [0.05, 0.1) is 12.4 Å². The summed E-state index contributed by atoms with van der Waals surface area (Å²) in [7, 11) is 0. The summed E-state index contributed by atoms with van der Waals surface area (Å²) in [6, 6.07) is 15.7. The number of nitrogens with zero attached hydrogens (tertiary/aromatic N) is 2. The van der Waals surface area contributed by atoms with Crippen molar-refractivity contribution in [3.8, 4) is 22.9 Å². The van der Waals surface area contributed by atoms with E-state index in [2.05, 4.69) is 16.9 Å². The van der Waals surface area contributed by atoms with Crippen LogP contribution in [0.15, 0.2) is 82.3 Å². The number of carbonyl (C=O) groups is 1. The zero-order valence-corrected chi connectivity index (χ0v) is 14.8. The van der Waals surface area contributed by atoms with Crippen molar-refractivity contribution >= 4 is 6.29 Å².